The molecule has 0 aliphatic carbocycles. The van der Waals surface area contributed by atoms with E-state index in [2.05, 4.69) is 5.32 Å². The Bertz CT molecular complexity index is 492. The van der Waals surface area contributed by atoms with Gasteiger partial charge in [-0.25, -0.2) is 8.42 Å². The van der Waals surface area contributed by atoms with E-state index >= 15 is 0 Å². The van der Waals surface area contributed by atoms with E-state index in [-0.39, 0.29) is 18.1 Å². The Morgan fingerprint density at radius 1 is 1.27 bits per heavy atom. The van der Waals surface area contributed by atoms with Crippen molar-refractivity contribution in [2.75, 3.05) is 59.0 Å². The molecular formula is C13H25N3O5S. The van der Waals surface area contributed by atoms with E-state index in [1.54, 1.807) is 0 Å². The summed E-state index contributed by atoms with van der Waals surface area (Å²) in [4.78, 5) is 27.5. The molecule has 0 aromatic rings. The quantitative estimate of drug-likeness (QED) is 0.441. The first kappa shape index (κ1) is 18.9. The van der Waals surface area contributed by atoms with E-state index < -0.39 is 27.7 Å². The summed E-state index contributed by atoms with van der Waals surface area (Å²) in [5, 5.41) is 2.48. The number of rotatable bonds is 7. The van der Waals surface area contributed by atoms with Gasteiger partial charge in [-0.05, 0) is 20.5 Å². The standard InChI is InChI=1S/C13H25N3O5S/c1-15(2)6-7-16(11-4-9-22(19,20)10-11)13(18)12(17)14-5-8-21-3/h11H,4-10H2,1-3H3,(H,14,17). The maximum absolute atomic E-state index is 12.3. The summed E-state index contributed by atoms with van der Waals surface area (Å²) in [5.41, 5.74) is 0. The van der Waals surface area contributed by atoms with Crippen LogP contribution < -0.4 is 5.32 Å². The molecule has 22 heavy (non-hydrogen) atoms. The maximum atomic E-state index is 12.3. The van der Waals surface area contributed by atoms with Crippen LogP contribution >= 0.6 is 0 Å². The maximum Gasteiger partial charge on any atom is 0.312 e. The van der Waals surface area contributed by atoms with Gasteiger partial charge in [-0.15, -0.1) is 0 Å². The zero-order valence-corrected chi connectivity index (χ0v) is 14.2. The fraction of sp³-hybridized carbons (Fsp3) is 0.846. The molecule has 0 bridgehead atoms. The Hall–Kier alpha value is -1.19. The van der Waals surface area contributed by atoms with Crippen molar-refractivity contribution in [3.05, 3.63) is 0 Å². The van der Waals surface area contributed by atoms with Gasteiger partial charge in [0.1, 0.15) is 0 Å². The van der Waals surface area contributed by atoms with Gasteiger partial charge in [-0.3, -0.25) is 9.59 Å². The summed E-state index contributed by atoms with van der Waals surface area (Å²) < 4.78 is 28.1. The van der Waals surface area contributed by atoms with Gasteiger partial charge in [0.05, 0.1) is 18.1 Å². The lowest BCUT2D eigenvalue weighted by molar-refractivity contribution is -0.147. The van der Waals surface area contributed by atoms with E-state index in [1.807, 2.05) is 19.0 Å². The van der Waals surface area contributed by atoms with Crippen molar-refractivity contribution in [1.29, 1.82) is 0 Å². The molecule has 1 aliphatic rings. The van der Waals surface area contributed by atoms with Crippen molar-refractivity contribution >= 4 is 21.7 Å². The lowest BCUT2D eigenvalue weighted by Crippen LogP contribution is -2.50. The Balaban J connectivity index is 2.72. The number of nitrogens with zero attached hydrogens (tertiary/aromatic N) is 2. The van der Waals surface area contributed by atoms with Crippen LogP contribution in [-0.2, 0) is 24.2 Å². The lowest BCUT2D eigenvalue weighted by Gasteiger charge is -2.28. The van der Waals surface area contributed by atoms with Crippen LogP contribution in [0.1, 0.15) is 6.42 Å². The Morgan fingerprint density at radius 2 is 1.95 bits per heavy atom. The number of carbonyl (C=O) groups excluding carboxylic acids is 2. The van der Waals surface area contributed by atoms with Crippen molar-refractivity contribution in [2.45, 2.75) is 12.5 Å². The average Bonchev–Trinajstić information content (AvgIpc) is 2.78. The molecular weight excluding hydrogens is 310 g/mol. The van der Waals surface area contributed by atoms with Crippen LogP contribution in [0.15, 0.2) is 0 Å². The second kappa shape index (κ2) is 8.44. The second-order valence-corrected chi connectivity index (χ2v) is 7.84. The van der Waals surface area contributed by atoms with E-state index in [0.29, 0.717) is 26.1 Å². The van der Waals surface area contributed by atoms with Crippen LogP contribution in [-0.4, -0.2) is 95.0 Å². The molecule has 1 aliphatic heterocycles. The molecule has 0 aromatic heterocycles. The Labute approximate surface area is 131 Å². The van der Waals surface area contributed by atoms with Crippen molar-refractivity contribution in [3.8, 4) is 0 Å². The molecule has 9 heteroatoms. The highest BCUT2D eigenvalue weighted by atomic mass is 32.2. The highest BCUT2D eigenvalue weighted by molar-refractivity contribution is 7.91. The normalized spacial score (nSPS) is 20.1. The van der Waals surface area contributed by atoms with Crippen molar-refractivity contribution in [2.24, 2.45) is 0 Å². The predicted molar refractivity (Wildman–Crippen MR) is 82.2 cm³/mol. The van der Waals surface area contributed by atoms with Crippen LogP contribution in [0.3, 0.4) is 0 Å². The number of likely N-dealkylation sites (N-methyl/N-ethyl adjacent to an activating group) is 1. The summed E-state index contributed by atoms with van der Waals surface area (Å²) in [6, 6.07) is -0.425. The molecule has 128 valence electrons. The number of methoxy groups -OCH3 is 1. The van der Waals surface area contributed by atoms with Crippen LogP contribution in [0.25, 0.3) is 0 Å². The summed E-state index contributed by atoms with van der Waals surface area (Å²) >= 11 is 0. The van der Waals surface area contributed by atoms with E-state index in [1.165, 1.54) is 12.0 Å². The Kier molecular flexibility index (Phi) is 7.24. The zero-order chi connectivity index (χ0) is 16.8. The highest BCUT2D eigenvalue weighted by Gasteiger charge is 2.36. The summed E-state index contributed by atoms with van der Waals surface area (Å²) in [6.45, 7) is 1.44. The minimum atomic E-state index is -3.12. The smallest absolute Gasteiger partial charge is 0.312 e. The van der Waals surface area contributed by atoms with Gasteiger partial charge in [0.25, 0.3) is 0 Å². The molecule has 1 atom stereocenters. The fourth-order valence-corrected chi connectivity index (χ4v) is 3.98. The van der Waals surface area contributed by atoms with Gasteiger partial charge in [0, 0.05) is 32.8 Å². The molecule has 1 fully saturated rings. The SMILES string of the molecule is COCCNC(=O)C(=O)N(CCN(C)C)C1CCS(=O)(=O)C1. The summed E-state index contributed by atoms with van der Waals surface area (Å²) in [5.74, 6) is -1.41. The number of hydrogen-bond donors (Lipinski definition) is 1. The molecule has 0 saturated carbocycles. The molecule has 2 amide bonds. The zero-order valence-electron chi connectivity index (χ0n) is 13.4. The van der Waals surface area contributed by atoms with Crippen molar-refractivity contribution in [3.63, 3.8) is 0 Å². The lowest BCUT2D eigenvalue weighted by atomic mass is 10.2. The number of nitrogens with one attached hydrogen (secondary N) is 1. The Morgan fingerprint density at radius 3 is 2.45 bits per heavy atom. The number of hydrogen-bond acceptors (Lipinski definition) is 6. The number of carbonyl (C=O) groups is 2. The third kappa shape index (κ3) is 5.90. The molecule has 1 N–H and O–H groups in total. The van der Waals surface area contributed by atoms with E-state index in [9.17, 15) is 18.0 Å². The fourth-order valence-electron chi connectivity index (χ4n) is 2.25. The van der Waals surface area contributed by atoms with Gasteiger partial charge >= 0.3 is 11.8 Å². The monoisotopic (exact) mass is 335 g/mol. The third-order valence-electron chi connectivity index (χ3n) is 3.48. The second-order valence-electron chi connectivity index (χ2n) is 5.61. The van der Waals surface area contributed by atoms with Crippen LogP contribution in [0.4, 0.5) is 0 Å². The predicted octanol–water partition coefficient (Wildman–Crippen LogP) is -1.67. The van der Waals surface area contributed by atoms with Crippen LogP contribution in [0.2, 0.25) is 0 Å². The van der Waals surface area contributed by atoms with E-state index in [4.69, 9.17) is 4.74 Å². The molecule has 1 saturated heterocycles. The third-order valence-corrected chi connectivity index (χ3v) is 5.23. The van der Waals surface area contributed by atoms with Gasteiger partial charge in [0.15, 0.2) is 9.84 Å². The van der Waals surface area contributed by atoms with Gasteiger partial charge < -0.3 is 19.9 Å². The molecule has 0 radical (unpaired) electrons. The summed E-state index contributed by atoms with van der Waals surface area (Å²) in [7, 11) is 2.09. The minimum absolute atomic E-state index is 0.0642. The minimum Gasteiger partial charge on any atom is -0.383 e. The molecule has 8 nitrogen and oxygen atoms in total. The topological polar surface area (TPSA) is 96.0 Å². The van der Waals surface area contributed by atoms with Gasteiger partial charge in [-0.1, -0.05) is 0 Å². The van der Waals surface area contributed by atoms with Crippen molar-refractivity contribution < 1.29 is 22.7 Å². The van der Waals surface area contributed by atoms with Gasteiger partial charge in [0.2, 0.25) is 0 Å². The highest BCUT2D eigenvalue weighted by Crippen LogP contribution is 2.18. The van der Waals surface area contributed by atoms with E-state index in [0.717, 1.165) is 0 Å². The average molecular weight is 335 g/mol. The molecule has 1 unspecified atom stereocenters. The van der Waals surface area contributed by atoms with Crippen LogP contribution in [0.5, 0.6) is 0 Å². The molecule has 1 heterocycles. The first-order chi connectivity index (χ1) is 10.3. The molecule has 0 aromatic carbocycles. The number of sulfone groups is 1. The number of ether oxygens (including phenoxy) is 1. The van der Waals surface area contributed by atoms with Crippen molar-refractivity contribution in [1.82, 2.24) is 15.1 Å². The first-order valence-corrected chi connectivity index (χ1v) is 9.02. The number of amides is 2. The largest absolute Gasteiger partial charge is 0.383 e. The summed E-state index contributed by atoms with van der Waals surface area (Å²) in [6.07, 6.45) is 0.382. The molecule has 0 spiro atoms. The van der Waals surface area contributed by atoms with Crippen LogP contribution in [0, 0.1) is 0 Å². The first-order valence-electron chi connectivity index (χ1n) is 7.19. The van der Waals surface area contributed by atoms with Gasteiger partial charge in [-0.2, -0.15) is 0 Å². The molecule has 1 rings (SSSR count).